The molecule has 1 N–H and O–H groups in total. The first kappa shape index (κ1) is 15.4. The fraction of sp³-hybridized carbons (Fsp3) is 0.923. The monoisotopic (exact) mass is 258 g/mol. The summed E-state index contributed by atoms with van der Waals surface area (Å²) in [5.41, 5.74) is -0.160. The van der Waals surface area contributed by atoms with Gasteiger partial charge in [-0.2, -0.15) is 0 Å². The maximum Gasteiger partial charge on any atom is 0.219 e. The second-order valence-corrected chi connectivity index (χ2v) is 5.79. The summed E-state index contributed by atoms with van der Waals surface area (Å²) in [6, 6.07) is 0.0625. The topological polar surface area (TPSA) is 53.0 Å². The number of carbonyl (C=O) groups is 1. The second-order valence-electron chi connectivity index (χ2n) is 5.79. The van der Waals surface area contributed by atoms with Gasteiger partial charge in [0.05, 0.1) is 25.9 Å². The van der Waals surface area contributed by atoms with Crippen LogP contribution in [0.4, 0.5) is 0 Å². The Balaban J connectivity index is 2.53. The van der Waals surface area contributed by atoms with E-state index in [0.29, 0.717) is 19.8 Å². The summed E-state index contributed by atoms with van der Waals surface area (Å²) in [4.78, 5) is 15.7. The van der Waals surface area contributed by atoms with Crippen molar-refractivity contribution in [3.05, 3.63) is 0 Å². The SMILES string of the molecule is CC(=O)N(CCN1CCOCC1CO)C(C)(C)C. The highest BCUT2D eigenvalue weighted by Gasteiger charge is 2.27. The molecule has 106 valence electrons. The number of rotatable bonds is 4. The number of carbonyl (C=O) groups excluding carboxylic acids is 1. The number of hydrogen-bond acceptors (Lipinski definition) is 4. The zero-order valence-electron chi connectivity index (χ0n) is 12.0. The molecule has 0 aromatic heterocycles. The summed E-state index contributed by atoms with van der Waals surface area (Å²) >= 11 is 0. The lowest BCUT2D eigenvalue weighted by Crippen LogP contribution is -2.53. The zero-order chi connectivity index (χ0) is 13.8. The molecular formula is C13H26N2O3. The Morgan fingerprint density at radius 2 is 2.17 bits per heavy atom. The van der Waals surface area contributed by atoms with Crippen molar-refractivity contribution in [2.45, 2.75) is 39.3 Å². The number of amides is 1. The molecule has 0 radical (unpaired) electrons. The smallest absolute Gasteiger partial charge is 0.219 e. The average molecular weight is 258 g/mol. The molecule has 0 spiro atoms. The van der Waals surface area contributed by atoms with E-state index in [2.05, 4.69) is 4.90 Å². The van der Waals surface area contributed by atoms with Gasteiger partial charge in [0, 0.05) is 32.1 Å². The van der Waals surface area contributed by atoms with Gasteiger partial charge in [0.2, 0.25) is 5.91 Å². The zero-order valence-corrected chi connectivity index (χ0v) is 12.0. The molecule has 1 fully saturated rings. The molecule has 0 aromatic rings. The van der Waals surface area contributed by atoms with Gasteiger partial charge in [-0.1, -0.05) is 0 Å². The van der Waals surface area contributed by atoms with Gasteiger partial charge in [-0.05, 0) is 20.8 Å². The van der Waals surface area contributed by atoms with E-state index in [4.69, 9.17) is 4.74 Å². The van der Waals surface area contributed by atoms with Crippen LogP contribution >= 0.6 is 0 Å². The molecule has 1 aliphatic rings. The molecule has 0 aromatic carbocycles. The van der Waals surface area contributed by atoms with Crippen LogP contribution < -0.4 is 0 Å². The number of aliphatic hydroxyl groups excluding tert-OH is 1. The van der Waals surface area contributed by atoms with Crippen LogP contribution in [0.15, 0.2) is 0 Å². The molecule has 0 aliphatic carbocycles. The first-order chi connectivity index (χ1) is 8.36. The van der Waals surface area contributed by atoms with Gasteiger partial charge in [-0.3, -0.25) is 9.69 Å². The van der Waals surface area contributed by atoms with E-state index in [1.54, 1.807) is 6.92 Å². The molecule has 1 saturated heterocycles. The normalized spacial score (nSPS) is 21.9. The summed E-state index contributed by atoms with van der Waals surface area (Å²) in [7, 11) is 0. The van der Waals surface area contributed by atoms with E-state index < -0.39 is 0 Å². The lowest BCUT2D eigenvalue weighted by Gasteiger charge is -2.39. The first-order valence-corrected chi connectivity index (χ1v) is 6.57. The van der Waals surface area contributed by atoms with Gasteiger partial charge >= 0.3 is 0 Å². The predicted octanol–water partition coefficient (Wildman–Crippen LogP) is 0.327. The number of nitrogens with zero attached hydrogens (tertiary/aromatic N) is 2. The summed E-state index contributed by atoms with van der Waals surface area (Å²) in [5.74, 6) is 0.0938. The quantitative estimate of drug-likeness (QED) is 0.789. The van der Waals surface area contributed by atoms with Crippen LogP contribution in [-0.2, 0) is 9.53 Å². The number of hydrogen-bond donors (Lipinski definition) is 1. The highest BCUT2D eigenvalue weighted by Crippen LogP contribution is 2.14. The minimum absolute atomic E-state index is 0.0625. The Labute approximate surface area is 110 Å². The van der Waals surface area contributed by atoms with E-state index in [1.807, 2.05) is 25.7 Å². The van der Waals surface area contributed by atoms with Crippen LogP contribution in [0, 0.1) is 0 Å². The average Bonchev–Trinajstić information content (AvgIpc) is 2.27. The number of morpholine rings is 1. The van der Waals surface area contributed by atoms with Crippen LogP contribution in [0.3, 0.4) is 0 Å². The van der Waals surface area contributed by atoms with E-state index in [-0.39, 0.29) is 24.1 Å². The lowest BCUT2D eigenvalue weighted by molar-refractivity contribution is -0.134. The van der Waals surface area contributed by atoms with Gasteiger partial charge in [-0.15, -0.1) is 0 Å². The van der Waals surface area contributed by atoms with Crippen molar-refractivity contribution >= 4 is 5.91 Å². The maximum atomic E-state index is 11.6. The van der Waals surface area contributed by atoms with Crippen molar-refractivity contribution in [2.24, 2.45) is 0 Å². The van der Waals surface area contributed by atoms with E-state index >= 15 is 0 Å². The molecule has 5 nitrogen and oxygen atoms in total. The van der Waals surface area contributed by atoms with Gasteiger partial charge in [0.15, 0.2) is 0 Å². The largest absolute Gasteiger partial charge is 0.395 e. The summed E-state index contributed by atoms with van der Waals surface area (Å²) in [5, 5.41) is 9.29. The Morgan fingerprint density at radius 3 is 2.67 bits per heavy atom. The molecule has 0 bridgehead atoms. The molecule has 0 saturated carbocycles. The van der Waals surface area contributed by atoms with Crippen molar-refractivity contribution in [1.29, 1.82) is 0 Å². The van der Waals surface area contributed by atoms with Crippen LogP contribution in [0.1, 0.15) is 27.7 Å². The van der Waals surface area contributed by atoms with Crippen molar-refractivity contribution in [3.63, 3.8) is 0 Å². The van der Waals surface area contributed by atoms with Crippen molar-refractivity contribution in [1.82, 2.24) is 9.80 Å². The van der Waals surface area contributed by atoms with Crippen LogP contribution in [-0.4, -0.2) is 71.8 Å². The molecule has 1 rings (SSSR count). The standard InChI is InChI=1S/C13H26N2O3/c1-11(17)15(13(2,3)4)6-5-14-7-8-18-10-12(14)9-16/h12,16H,5-10H2,1-4H3. The Hall–Kier alpha value is -0.650. The molecule has 1 aliphatic heterocycles. The predicted molar refractivity (Wildman–Crippen MR) is 70.4 cm³/mol. The number of aliphatic hydroxyl groups is 1. The van der Waals surface area contributed by atoms with Crippen molar-refractivity contribution in [2.75, 3.05) is 39.5 Å². The van der Waals surface area contributed by atoms with Crippen LogP contribution in [0.5, 0.6) is 0 Å². The molecule has 1 unspecified atom stereocenters. The van der Waals surface area contributed by atoms with E-state index in [9.17, 15) is 9.90 Å². The summed E-state index contributed by atoms with van der Waals surface area (Å²) in [6.45, 7) is 11.4. The second kappa shape index (κ2) is 6.50. The highest BCUT2D eigenvalue weighted by atomic mass is 16.5. The fourth-order valence-electron chi connectivity index (χ4n) is 2.35. The molecular weight excluding hydrogens is 232 g/mol. The molecule has 1 atom stereocenters. The van der Waals surface area contributed by atoms with Gasteiger partial charge in [0.1, 0.15) is 0 Å². The minimum Gasteiger partial charge on any atom is -0.395 e. The highest BCUT2D eigenvalue weighted by molar-refractivity contribution is 5.74. The molecule has 5 heteroatoms. The molecule has 1 amide bonds. The summed E-state index contributed by atoms with van der Waals surface area (Å²) < 4.78 is 5.34. The van der Waals surface area contributed by atoms with Gasteiger partial charge in [0.25, 0.3) is 0 Å². The van der Waals surface area contributed by atoms with Gasteiger partial charge in [-0.25, -0.2) is 0 Å². The van der Waals surface area contributed by atoms with E-state index in [0.717, 1.165) is 13.1 Å². The maximum absolute atomic E-state index is 11.6. The van der Waals surface area contributed by atoms with Crippen LogP contribution in [0.25, 0.3) is 0 Å². The lowest BCUT2D eigenvalue weighted by atomic mass is 10.1. The Kier molecular flexibility index (Phi) is 5.56. The van der Waals surface area contributed by atoms with Gasteiger partial charge < -0.3 is 14.7 Å². The third-order valence-corrected chi connectivity index (χ3v) is 3.36. The van der Waals surface area contributed by atoms with Crippen LogP contribution in [0.2, 0.25) is 0 Å². The van der Waals surface area contributed by atoms with Crippen molar-refractivity contribution in [3.8, 4) is 0 Å². The van der Waals surface area contributed by atoms with E-state index in [1.165, 1.54) is 0 Å². The molecule has 18 heavy (non-hydrogen) atoms. The van der Waals surface area contributed by atoms with Crippen molar-refractivity contribution < 1.29 is 14.6 Å². The third kappa shape index (κ3) is 4.23. The fourth-order valence-corrected chi connectivity index (χ4v) is 2.35. The Bertz CT molecular complexity index is 276. The molecule has 1 heterocycles. The minimum atomic E-state index is -0.160. The third-order valence-electron chi connectivity index (χ3n) is 3.36. The Morgan fingerprint density at radius 1 is 1.50 bits per heavy atom. The first-order valence-electron chi connectivity index (χ1n) is 6.57. The summed E-state index contributed by atoms with van der Waals surface area (Å²) in [6.07, 6.45) is 0. The number of ether oxygens (including phenoxy) is 1.